The normalized spacial score (nSPS) is 11.5. The van der Waals surface area contributed by atoms with Gasteiger partial charge in [0.1, 0.15) is 12.4 Å². The van der Waals surface area contributed by atoms with Crippen molar-refractivity contribution in [2.75, 3.05) is 6.61 Å². The molecule has 0 aliphatic heterocycles. The predicted molar refractivity (Wildman–Crippen MR) is 44.1 cm³/mol. The van der Waals surface area contributed by atoms with E-state index in [0.29, 0.717) is 0 Å². The zero-order chi connectivity index (χ0) is 8.10. The predicted octanol–water partition coefficient (Wildman–Crippen LogP) is 1.58. The average Bonchev–Trinajstić information content (AvgIpc) is 2.06. The number of aliphatic hydroxyl groups is 2. The van der Waals surface area contributed by atoms with Gasteiger partial charge in [0.25, 0.3) is 0 Å². The monoisotopic (exact) mass is 150 g/mol. The molecule has 1 rings (SSSR count). The van der Waals surface area contributed by atoms with Crippen LogP contribution in [0.5, 0.6) is 0 Å². The van der Waals surface area contributed by atoms with Crippen molar-refractivity contribution >= 4 is 6.08 Å². The maximum absolute atomic E-state index is 8.92. The number of aliphatic hydroxyl groups excluding tert-OH is 2. The van der Waals surface area contributed by atoms with Crippen molar-refractivity contribution in [3.63, 3.8) is 0 Å². The van der Waals surface area contributed by atoms with Gasteiger partial charge in [0.15, 0.2) is 0 Å². The van der Waals surface area contributed by atoms with Crippen LogP contribution in [0.15, 0.2) is 36.1 Å². The van der Waals surface area contributed by atoms with Gasteiger partial charge >= 0.3 is 0 Å². The van der Waals surface area contributed by atoms with Crippen LogP contribution in [0.1, 0.15) is 5.56 Å². The van der Waals surface area contributed by atoms with E-state index in [1.807, 2.05) is 30.3 Å². The topological polar surface area (TPSA) is 40.5 Å². The Bertz CT molecular complexity index is 239. The zero-order valence-electron chi connectivity index (χ0n) is 6.07. The molecule has 0 spiro atoms. The molecular weight excluding hydrogens is 140 g/mol. The molecule has 1 aromatic rings. The summed E-state index contributed by atoms with van der Waals surface area (Å²) >= 11 is 0. The van der Waals surface area contributed by atoms with Crippen molar-refractivity contribution in [1.29, 1.82) is 0 Å². The second-order valence-electron chi connectivity index (χ2n) is 2.20. The van der Waals surface area contributed by atoms with Crippen LogP contribution in [0, 0.1) is 0 Å². The molecule has 2 N–H and O–H groups in total. The molecule has 0 saturated heterocycles. The van der Waals surface area contributed by atoms with E-state index in [1.165, 1.54) is 6.08 Å². The molecule has 0 radical (unpaired) electrons. The summed E-state index contributed by atoms with van der Waals surface area (Å²) in [6.45, 7) is -0.311. The SMILES string of the molecule is OC/C(O)=C/c1ccccc1. The largest absolute Gasteiger partial charge is 0.510 e. The van der Waals surface area contributed by atoms with Crippen LogP contribution in [-0.2, 0) is 0 Å². The molecule has 2 heteroatoms. The molecule has 0 heterocycles. The third-order valence-corrected chi connectivity index (χ3v) is 1.29. The van der Waals surface area contributed by atoms with Crippen LogP contribution < -0.4 is 0 Å². The molecule has 0 aliphatic rings. The summed E-state index contributed by atoms with van der Waals surface area (Å²) in [5, 5.41) is 17.4. The van der Waals surface area contributed by atoms with Crippen molar-refractivity contribution in [2.45, 2.75) is 0 Å². The smallest absolute Gasteiger partial charge is 0.118 e. The first kappa shape index (κ1) is 7.82. The maximum atomic E-state index is 8.92. The van der Waals surface area contributed by atoms with E-state index < -0.39 is 0 Å². The highest BCUT2D eigenvalue weighted by Gasteiger charge is 1.88. The van der Waals surface area contributed by atoms with E-state index in [2.05, 4.69) is 0 Å². The molecule has 0 fully saturated rings. The number of hydrogen-bond donors (Lipinski definition) is 2. The molecular formula is C9H10O2. The van der Waals surface area contributed by atoms with Gasteiger partial charge in [-0.2, -0.15) is 0 Å². The van der Waals surface area contributed by atoms with E-state index in [-0.39, 0.29) is 12.4 Å². The molecule has 0 atom stereocenters. The summed E-state index contributed by atoms with van der Waals surface area (Å²) in [4.78, 5) is 0. The first-order valence-electron chi connectivity index (χ1n) is 3.38. The molecule has 0 aliphatic carbocycles. The standard InChI is InChI=1S/C9H10O2/c10-7-9(11)6-8-4-2-1-3-5-8/h1-6,10-11H,7H2/b9-6-. The van der Waals surface area contributed by atoms with Crippen LogP contribution in [-0.4, -0.2) is 16.8 Å². The summed E-state index contributed by atoms with van der Waals surface area (Å²) in [6, 6.07) is 9.35. The van der Waals surface area contributed by atoms with Crippen molar-refractivity contribution in [3.05, 3.63) is 41.7 Å². The van der Waals surface area contributed by atoms with E-state index in [4.69, 9.17) is 10.2 Å². The lowest BCUT2D eigenvalue weighted by Gasteiger charge is -1.93. The lowest BCUT2D eigenvalue weighted by Crippen LogP contribution is -1.86. The molecule has 0 amide bonds. The summed E-state index contributed by atoms with van der Waals surface area (Å²) in [6.07, 6.45) is 1.53. The van der Waals surface area contributed by atoms with Crippen molar-refractivity contribution in [1.82, 2.24) is 0 Å². The van der Waals surface area contributed by atoms with Crippen LogP contribution in [0.4, 0.5) is 0 Å². The van der Waals surface area contributed by atoms with Gasteiger partial charge < -0.3 is 10.2 Å². The zero-order valence-corrected chi connectivity index (χ0v) is 6.07. The maximum Gasteiger partial charge on any atom is 0.118 e. The summed E-state index contributed by atoms with van der Waals surface area (Å²) < 4.78 is 0. The first-order valence-corrected chi connectivity index (χ1v) is 3.38. The third kappa shape index (κ3) is 2.43. The Morgan fingerprint density at radius 2 is 1.91 bits per heavy atom. The lowest BCUT2D eigenvalue weighted by atomic mass is 10.2. The van der Waals surface area contributed by atoms with Crippen LogP contribution >= 0.6 is 0 Å². The van der Waals surface area contributed by atoms with E-state index in [9.17, 15) is 0 Å². The highest BCUT2D eigenvalue weighted by Crippen LogP contribution is 2.03. The van der Waals surface area contributed by atoms with Crippen molar-refractivity contribution in [3.8, 4) is 0 Å². The van der Waals surface area contributed by atoms with Gasteiger partial charge in [-0.15, -0.1) is 0 Å². The summed E-state index contributed by atoms with van der Waals surface area (Å²) in [5.74, 6) is -0.0174. The van der Waals surface area contributed by atoms with Gasteiger partial charge in [0.05, 0.1) is 0 Å². The van der Waals surface area contributed by atoms with Crippen LogP contribution in [0.25, 0.3) is 6.08 Å². The van der Waals surface area contributed by atoms with Gasteiger partial charge in [-0.25, -0.2) is 0 Å². The molecule has 0 unspecified atom stereocenters. The Balaban J connectivity index is 2.79. The van der Waals surface area contributed by atoms with E-state index in [0.717, 1.165) is 5.56 Å². The Hall–Kier alpha value is -1.28. The quantitative estimate of drug-likeness (QED) is 0.628. The fourth-order valence-electron chi connectivity index (χ4n) is 0.787. The number of benzene rings is 1. The summed E-state index contributed by atoms with van der Waals surface area (Å²) in [7, 11) is 0. The average molecular weight is 150 g/mol. The second kappa shape index (κ2) is 3.78. The highest BCUT2D eigenvalue weighted by atomic mass is 16.3. The third-order valence-electron chi connectivity index (χ3n) is 1.29. The van der Waals surface area contributed by atoms with Crippen LogP contribution in [0.2, 0.25) is 0 Å². The van der Waals surface area contributed by atoms with Gasteiger partial charge in [-0.3, -0.25) is 0 Å². The Morgan fingerprint density at radius 1 is 1.27 bits per heavy atom. The fourth-order valence-corrected chi connectivity index (χ4v) is 0.787. The van der Waals surface area contributed by atoms with Gasteiger partial charge in [-0.1, -0.05) is 30.3 Å². The van der Waals surface area contributed by atoms with Gasteiger partial charge in [0.2, 0.25) is 0 Å². The Labute approximate surface area is 65.4 Å². The Morgan fingerprint density at radius 3 is 2.45 bits per heavy atom. The molecule has 1 aromatic carbocycles. The van der Waals surface area contributed by atoms with Crippen LogP contribution in [0.3, 0.4) is 0 Å². The van der Waals surface area contributed by atoms with Gasteiger partial charge in [0, 0.05) is 0 Å². The minimum Gasteiger partial charge on any atom is -0.510 e. The molecule has 0 aromatic heterocycles. The minimum atomic E-state index is -0.311. The molecule has 58 valence electrons. The van der Waals surface area contributed by atoms with E-state index in [1.54, 1.807) is 0 Å². The minimum absolute atomic E-state index is 0.0174. The van der Waals surface area contributed by atoms with Crippen molar-refractivity contribution < 1.29 is 10.2 Å². The fraction of sp³-hybridized carbons (Fsp3) is 0.111. The molecule has 0 saturated carbocycles. The number of hydrogen-bond acceptors (Lipinski definition) is 2. The Kier molecular flexibility index (Phi) is 2.69. The van der Waals surface area contributed by atoms with E-state index >= 15 is 0 Å². The molecule has 2 nitrogen and oxygen atoms in total. The second-order valence-corrected chi connectivity index (χ2v) is 2.20. The van der Waals surface area contributed by atoms with Crippen molar-refractivity contribution in [2.24, 2.45) is 0 Å². The summed E-state index contributed by atoms with van der Waals surface area (Å²) in [5.41, 5.74) is 0.888. The first-order chi connectivity index (χ1) is 5.33. The number of rotatable bonds is 2. The van der Waals surface area contributed by atoms with Gasteiger partial charge in [-0.05, 0) is 11.6 Å². The molecule has 0 bridgehead atoms. The molecule has 11 heavy (non-hydrogen) atoms. The highest BCUT2D eigenvalue weighted by molar-refractivity contribution is 5.50. The lowest BCUT2D eigenvalue weighted by molar-refractivity contribution is 0.256.